The Hall–Kier alpha value is -5.36. The number of benzene rings is 4. The number of fused-ring (bicyclic) bond motifs is 2. The van der Waals surface area contributed by atoms with Gasteiger partial charge in [-0.1, -0.05) is 236 Å². The smallest absolute Gasteiger partial charge is 0.229 e. The summed E-state index contributed by atoms with van der Waals surface area (Å²) in [6.07, 6.45) is 6.98. The molecule has 6 nitrogen and oxygen atoms in total. The van der Waals surface area contributed by atoms with Gasteiger partial charge in [-0.2, -0.15) is 0 Å². The topological polar surface area (TPSA) is 92.3 Å². The molecule has 0 radical (unpaired) electrons. The van der Waals surface area contributed by atoms with E-state index in [4.69, 9.17) is 0 Å². The first-order valence-electron chi connectivity index (χ1n) is 24.3. The molecule has 0 heterocycles. The van der Waals surface area contributed by atoms with Crippen LogP contribution in [0.3, 0.4) is 0 Å². The van der Waals surface area contributed by atoms with Gasteiger partial charge >= 0.3 is 0 Å². The van der Waals surface area contributed by atoms with E-state index in [1.807, 2.05) is 188 Å². The van der Waals surface area contributed by atoms with E-state index in [0.29, 0.717) is 18.6 Å². The van der Waals surface area contributed by atoms with Gasteiger partial charge in [0.25, 0.3) is 0 Å². The van der Waals surface area contributed by atoms with E-state index >= 15 is 0 Å². The molecular formula is C60H90N2O4. The number of hydrogen-bond donors (Lipinski definition) is 2. The highest BCUT2D eigenvalue weighted by Gasteiger charge is 2.25. The number of allylic oxidation sites excluding steroid dienone is 2. The number of nitrogens with one attached hydrogen (secondary N) is 2. The predicted octanol–water partition coefficient (Wildman–Crippen LogP) is 16.5. The van der Waals surface area contributed by atoms with Crippen molar-refractivity contribution in [3.63, 3.8) is 0 Å². The molecule has 0 aromatic heterocycles. The Morgan fingerprint density at radius 1 is 0.424 bits per heavy atom. The number of para-hydroxylation sites is 1. The fourth-order valence-electron chi connectivity index (χ4n) is 5.80. The van der Waals surface area contributed by atoms with Crippen molar-refractivity contribution < 1.29 is 19.2 Å². The standard InChI is InChI=1S/C15H18O.C14H17NO.C12H16O.C11H15NO.4C2H6/c1-15(2,3)10-14(16)13-8-11-6-4-5-7-12(11)9-13;1-14(2,3)13(16)15-12-8-10-6-4-5-7-11(10)9-12;1-12(2,3)9-11(13)10-7-5-4-6-8-10;1-11(2,3)10(13)12-9-7-5-4-6-8-9;4*1-2/h4-8H,9-10H2,1-3H3;4-8H,9H2,1-3H3,(H,15,16);4-8H,9H2,1-3H3;4-8H,1-3H3,(H,12,13);4*1-2H3. The SMILES string of the molecule is CC.CC.CC.CC.CC(C)(C)C(=O)NC1=Cc2ccccc2C1.CC(C)(C)C(=O)Nc1ccccc1.CC(C)(C)CC(=O)C1=Cc2ccccc2C1.CC(C)(C)CC(=O)c1ccccc1. The van der Waals surface area contributed by atoms with Crippen LogP contribution in [0.5, 0.6) is 0 Å². The Morgan fingerprint density at radius 2 is 0.788 bits per heavy atom. The molecule has 0 saturated carbocycles. The van der Waals surface area contributed by atoms with Gasteiger partial charge in [0.1, 0.15) is 0 Å². The quantitative estimate of drug-likeness (QED) is 0.189. The van der Waals surface area contributed by atoms with Gasteiger partial charge in [0, 0.05) is 59.0 Å². The van der Waals surface area contributed by atoms with E-state index in [1.165, 1.54) is 22.3 Å². The lowest BCUT2D eigenvalue weighted by Gasteiger charge is -2.18. The zero-order chi connectivity index (χ0) is 51.3. The van der Waals surface area contributed by atoms with Gasteiger partial charge < -0.3 is 10.6 Å². The number of rotatable bonds is 6. The molecule has 0 saturated heterocycles. The van der Waals surface area contributed by atoms with Crippen LogP contribution in [0.2, 0.25) is 0 Å². The Balaban J connectivity index is 0. The highest BCUT2D eigenvalue weighted by molar-refractivity contribution is 6.02. The highest BCUT2D eigenvalue weighted by Crippen LogP contribution is 2.29. The number of anilines is 1. The van der Waals surface area contributed by atoms with E-state index in [0.717, 1.165) is 35.4 Å². The summed E-state index contributed by atoms with van der Waals surface area (Å²) in [5.74, 6) is 0.641. The molecule has 2 aliphatic rings. The third kappa shape index (κ3) is 26.0. The second-order valence-electron chi connectivity index (χ2n) is 19.6. The van der Waals surface area contributed by atoms with Crippen molar-refractivity contribution in [2.75, 3.05) is 5.32 Å². The van der Waals surface area contributed by atoms with E-state index in [1.54, 1.807) is 0 Å². The predicted molar refractivity (Wildman–Crippen MR) is 288 cm³/mol. The van der Waals surface area contributed by atoms with Crippen molar-refractivity contribution in [3.05, 3.63) is 148 Å². The van der Waals surface area contributed by atoms with Gasteiger partial charge in [0.2, 0.25) is 11.8 Å². The van der Waals surface area contributed by atoms with Gasteiger partial charge in [-0.15, -0.1) is 0 Å². The second-order valence-corrected chi connectivity index (χ2v) is 19.6. The van der Waals surface area contributed by atoms with E-state index in [9.17, 15) is 19.2 Å². The zero-order valence-corrected chi connectivity index (χ0v) is 45.0. The van der Waals surface area contributed by atoms with Crippen LogP contribution in [-0.4, -0.2) is 23.4 Å². The second kappa shape index (κ2) is 31.5. The lowest BCUT2D eigenvalue weighted by Crippen LogP contribution is -2.34. The molecule has 4 aromatic carbocycles. The summed E-state index contributed by atoms with van der Waals surface area (Å²) in [5, 5.41) is 5.83. The molecule has 0 aliphatic heterocycles. The summed E-state index contributed by atoms with van der Waals surface area (Å²) in [5.41, 5.74) is 8.10. The van der Waals surface area contributed by atoms with Gasteiger partial charge in [-0.25, -0.2) is 0 Å². The fourth-order valence-corrected chi connectivity index (χ4v) is 5.80. The van der Waals surface area contributed by atoms with Crippen molar-refractivity contribution in [2.24, 2.45) is 21.7 Å². The van der Waals surface area contributed by atoms with Crippen LogP contribution >= 0.6 is 0 Å². The zero-order valence-electron chi connectivity index (χ0n) is 45.0. The van der Waals surface area contributed by atoms with Crippen molar-refractivity contribution in [1.82, 2.24) is 5.32 Å². The summed E-state index contributed by atoms with van der Waals surface area (Å²) < 4.78 is 0. The maximum Gasteiger partial charge on any atom is 0.229 e. The van der Waals surface area contributed by atoms with Crippen molar-refractivity contribution in [2.45, 2.75) is 164 Å². The third-order valence-corrected chi connectivity index (χ3v) is 9.04. The van der Waals surface area contributed by atoms with Crippen LogP contribution in [0.15, 0.2) is 120 Å². The van der Waals surface area contributed by atoms with Crippen molar-refractivity contribution in [3.8, 4) is 0 Å². The first-order chi connectivity index (χ1) is 30.9. The average molecular weight is 903 g/mol. The lowest BCUT2D eigenvalue weighted by molar-refractivity contribution is -0.127. The summed E-state index contributed by atoms with van der Waals surface area (Å²) in [6.45, 7) is 40.0. The van der Waals surface area contributed by atoms with Crippen molar-refractivity contribution in [1.29, 1.82) is 0 Å². The molecule has 66 heavy (non-hydrogen) atoms. The summed E-state index contributed by atoms with van der Waals surface area (Å²) in [7, 11) is 0. The van der Waals surface area contributed by atoms with Gasteiger partial charge in [-0.3, -0.25) is 19.2 Å². The first kappa shape index (κ1) is 62.7. The van der Waals surface area contributed by atoms with Crippen LogP contribution in [0.1, 0.15) is 184 Å². The Morgan fingerprint density at radius 3 is 1.20 bits per heavy atom. The normalized spacial score (nSPS) is 11.8. The third-order valence-electron chi connectivity index (χ3n) is 9.04. The van der Waals surface area contributed by atoms with Crippen molar-refractivity contribution >= 4 is 41.2 Å². The minimum Gasteiger partial charge on any atom is -0.329 e. The Bertz CT molecular complexity index is 2070. The van der Waals surface area contributed by atoms with E-state index in [2.05, 4.69) is 82.5 Å². The van der Waals surface area contributed by atoms with Crippen LogP contribution in [0.4, 0.5) is 5.69 Å². The average Bonchev–Trinajstić information content (AvgIpc) is 3.91. The minimum atomic E-state index is -0.338. The minimum absolute atomic E-state index is 0.0405. The number of carbonyl (C=O) groups excluding carboxylic acids is 4. The van der Waals surface area contributed by atoms with Crippen LogP contribution < -0.4 is 10.6 Å². The molecule has 6 rings (SSSR count). The Kier molecular flexibility index (Phi) is 30.0. The van der Waals surface area contributed by atoms with Crippen LogP contribution in [-0.2, 0) is 27.2 Å². The van der Waals surface area contributed by atoms with Gasteiger partial charge in [-0.05, 0) is 57.4 Å². The molecule has 4 aromatic rings. The van der Waals surface area contributed by atoms with Crippen LogP contribution in [0.25, 0.3) is 12.2 Å². The maximum absolute atomic E-state index is 12.1. The molecule has 2 N–H and O–H groups in total. The van der Waals surface area contributed by atoms with E-state index < -0.39 is 0 Å². The number of carbonyl (C=O) groups is 4. The fraction of sp³-hybridized carbons (Fsp3) is 0.467. The molecule has 364 valence electrons. The lowest BCUT2D eigenvalue weighted by atomic mass is 9.87. The highest BCUT2D eigenvalue weighted by atomic mass is 16.2. The summed E-state index contributed by atoms with van der Waals surface area (Å²) in [4.78, 5) is 47.1. The number of amides is 2. The van der Waals surface area contributed by atoms with Gasteiger partial charge in [0.05, 0.1) is 0 Å². The summed E-state index contributed by atoms with van der Waals surface area (Å²) >= 11 is 0. The molecule has 0 fully saturated rings. The van der Waals surface area contributed by atoms with Crippen LogP contribution in [0, 0.1) is 21.7 Å². The molecule has 0 spiro atoms. The number of hydrogen-bond acceptors (Lipinski definition) is 4. The van der Waals surface area contributed by atoms with E-state index in [-0.39, 0.29) is 39.3 Å². The maximum atomic E-state index is 12.1. The molecule has 2 amide bonds. The number of ketones is 2. The molecule has 0 bridgehead atoms. The molecule has 2 aliphatic carbocycles. The summed E-state index contributed by atoms with van der Waals surface area (Å²) in [6, 6.07) is 35.4. The monoisotopic (exact) mass is 903 g/mol. The van der Waals surface area contributed by atoms with Gasteiger partial charge in [0.15, 0.2) is 11.6 Å². The molecular weight excluding hydrogens is 813 g/mol. The largest absolute Gasteiger partial charge is 0.329 e. The molecule has 0 unspecified atom stereocenters. The molecule has 0 atom stereocenters. The number of Topliss-reactive ketones (excluding diaryl/α,β-unsaturated/α-hetero) is 2. The molecule has 6 heteroatoms. The Labute approximate surface area is 403 Å². The first-order valence-corrected chi connectivity index (χ1v) is 24.3.